The van der Waals surface area contributed by atoms with Crippen LogP contribution in [-0.2, 0) is 6.42 Å². The molecular formula is C16H16Si. The van der Waals surface area contributed by atoms with E-state index in [1.54, 1.807) is 0 Å². The zero-order valence-corrected chi connectivity index (χ0v) is 10.9. The van der Waals surface area contributed by atoms with E-state index in [2.05, 4.69) is 67.2 Å². The minimum Gasteiger partial charge on any atom is -0.104 e. The van der Waals surface area contributed by atoms with E-state index < -0.39 is 0 Å². The third-order valence-electron chi connectivity index (χ3n) is 2.65. The molecule has 0 heterocycles. The van der Waals surface area contributed by atoms with Crippen molar-refractivity contribution >= 4 is 14.7 Å². The molecule has 2 rings (SSSR count). The Morgan fingerprint density at radius 2 is 1.47 bits per heavy atom. The molecule has 1 heteroatoms. The lowest BCUT2D eigenvalue weighted by Crippen LogP contribution is -2.15. The molecule has 0 fully saturated rings. The van der Waals surface area contributed by atoms with E-state index in [4.69, 9.17) is 0 Å². The summed E-state index contributed by atoms with van der Waals surface area (Å²) >= 11 is 0. The van der Waals surface area contributed by atoms with Crippen molar-refractivity contribution in [3.8, 4) is 0 Å². The maximum atomic E-state index is 4.18. The van der Waals surface area contributed by atoms with Crippen LogP contribution in [0.1, 0.15) is 12.0 Å². The van der Waals surface area contributed by atoms with Crippen molar-refractivity contribution in [1.29, 1.82) is 0 Å². The first-order valence-electron chi connectivity index (χ1n) is 5.88. The zero-order valence-electron chi connectivity index (χ0n) is 9.89. The Kier molecular flexibility index (Phi) is 4.34. The Hall–Kier alpha value is -1.60. The van der Waals surface area contributed by atoms with Gasteiger partial charge in [0.15, 0.2) is 0 Å². The zero-order chi connectivity index (χ0) is 11.9. The van der Waals surface area contributed by atoms with Gasteiger partial charge < -0.3 is 0 Å². The highest BCUT2D eigenvalue weighted by molar-refractivity contribution is 6.60. The van der Waals surface area contributed by atoms with Crippen molar-refractivity contribution in [2.45, 2.75) is 12.8 Å². The van der Waals surface area contributed by atoms with Gasteiger partial charge in [0.1, 0.15) is 9.52 Å². The molecule has 0 atom stereocenters. The second kappa shape index (κ2) is 6.21. The molecule has 17 heavy (non-hydrogen) atoms. The second-order valence-corrected chi connectivity index (χ2v) is 5.61. The van der Waals surface area contributed by atoms with Crippen molar-refractivity contribution < 1.29 is 0 Å². The molecule has 0 aliphatic carbocycles. The maximum absolute atomic E-state index is 4.18. The predicted molar refractivity (Wildman–Crippen MR) is 75.7 cm³/mol. The fourth-order valence-electron chi connectivity index (χ4n) is 1.73. The van der Waals surface area contributed by atoms with Gasteiger partial charge in [0, 0.05) is 0 Å². The molecule has 0 aliphatic rings. The van der Waals surface area contributed by atoms with Gasteiger partial charge in [-0.2, -0.15) is 0 Å². The lowest BCUT2D eigenvalue weighted by molar-refractivity contribution is 0.987. The Morgan fingerprint density at radius 1 is 0.882 bits per heavy atom. The van der Waals surface area contributed by atoms with E-state index in [1.807, 2.05) is 0 Å². The van der Waals surface area contributed by atoms with Gasteiger partial charge in [0.05, 0.1) is 0 Å². The van der Waals surface area contributed by atoms with Crippen molar-refractivity contribution in [1.82, 2.24) is 0 Å². The van der Waals surface area contributed by atoms with Crippen LogP contribution in [0.15, 0.2) is 72.4 Å². The quantitative estimate of drug-likeness (QED) is 0.700. The molecule has 0 N–H and O–H groups in total. The van der Waals surface area contributed by atoms with Gasteiger partial charge in [-0.3, -0.25) is 0 Å². The van der Waals surface area contributed by atoms with Crippen LogP contribution in [0.25, 0.3) is 0 Å². The number of allylic oxidation sites excluding steroid dienone is 1. The largest absolute Gasteiger partial charge is 0.115 e. The summed E-state index contributed by atoms with van der Waals surface area (Å²) in [5, 5.41) is 2.71. The summed E-state index contributed by atoms with van der Waals surface area (Å²) in [6.07, 6.45) is 2.18. The standard InChI is InChI=1S/C16H16Si/c1-14(17-16-10-6-3-7-11-16)12-13-15-8-4-2-5-9-15/h2-11H,1,12-13H2. The van der Waals surface area contributed by atoms with Crippen molar-refractivity contribution in [3.05, 3.63) is 78.0 Å². The first kappa shape index (κ1) is 11.9. The Labute approximate surface area is 106 Å². The van der Waals surface area contributed by atoms with Gasteiger partial charge in [-0.05, 0) is 18.4 Å². The van der Waals surface area contributed by atoms with Crippen molar-refractivity contribution in [2.75, 3.05) is 0 Å². The smallest absolute Gasteiger partial charge is 0.104 e. The molecule has 0 saturated carbocycles. The molecule has 0 unspecified atom stereocenters. The van der Waals surface area contributed by atoms with Gasteiger partial charge in [-0.25, -0.2) is 0 Å². The normalized spacial score (nSPS) is 10.1. The maximum Gasteiger partial charge on any atom is 0.115 e. The summed E-state index contributed by atoms with van der Waals surface area (Å²) in [7, 11) is 0.736. The van der Waals surface area contributed by atoms with Crippen LogP contribution < -0.4 is 5.19 Å². The summed E-state index contributed by atoms with van der Waals surface area (Å²) < 4.78 is 0. The van der Waals surface area contributed by atoms with E-state index in [0.29, 0.717) is 0 Å². The molecule has 0 spiro atoms. The third kappa shape index (κ3) is 4.04. The van der Waals surface area contributed by atoms with Gasteiger partial charge in [0.25, 0.3) is 0 Å². The highest BCUT2D eigenvalue weighted by Crippen LogP contribution is 2.06. The number of aryl methyl sites for hydroxylation is 1. The predicted octanol–water partition coefficient (Wildman–Crippen LogP) is 3.16. The van der Waals surface area contributed by atoms with Crippen LogP contribution >= 0.6 is 0 Å². The Balaban J connectivity index is 1.83. The fourth-order valence-corrected chi connectivity index (χ4v) is 2.75. The molecule has 0 nitrogen and oxygen atoms in total. The van der Waals surface area contributed by atoms with Gasteiger partial charge in [-0.15, -0.1) is 6.58 Å². The van der Waals surface area contributed by atoms with E-state index in [0.717, 1.165) is 22.4 Å². The molecule has 0 saturated heterocycles. The van der Waals surface area contributed by atoms with Gasteiger partial charge >= 0.3 is 0 Å². The molecular weight excluding hydrogens is 220 g/mol. The van der Waals surface area contributed by atoms with E-state index >= 15 is 0 Å². The number of rotatable bonds is 5. The van der Waals surface area contributed by atoms with Crippen LogP contribution in [0.2, 0.25) is 0 Å². The lowest BCUT2D eigenvalue weighted by atomic mass is 10.1. The van der Waals surface area contributed by atoms with Crippen LogP contribution in [0, 0.1) is 0 Å². The van der Waals surface area contributed by atoms with Crippen LogP contribution in [-0.4, -0.2) is 9.52 Å². The van der Waals surface area contributed by atoms with Crippen molar-refractivity contribution in [3.63, 3.8) is 0 Å². The highest BCUT2D eigenvalue weighted by Gasteiger charge is 1.99. The molecule has 0 aromatic heterocycles. The molecule has 0 amide bonds. The highest BCUT2D eigenvalue weighted by atomic mass is 28.2. The monoisotopic (exact) mass is 236 g/mol. The van der Waals surface area contributed by atoms with E-state index in [-0.39, 0.29) is 0 Å². The first-order valence-corrected chi connectivity index (χ1v) is 6.88. The summed E-state index contributed by atoms with van der Waals surface area (Å²) in [6.45, 7) is 4.18. The topological polar surface area (TPSA) is 0 Å². The molecule has 2 aromatic rings. The molecule has 84 valence electrons. The summed E-state index contributed by atoms with van der Waals surface area (Å²) in [4.78, 5) is 0. The van der Waals surface area contributed by atoms with Crippen LogP contribution in [0.4, 0.5) is 0 Å². The van der Waals surface area contributed by atoms with Gasteiger partial charge in [-0.1, -0.05) is 71.0 Å². The number of hydrogen-bond donors (Lipinski definition) is 0. The second-order valence-electron chi connectivity index (χ2n) is 4.08. The Bertz CT molecular complexity index is 459. The number of hydrogen-bond acceptors (Lipinski definition) is 0. The van der Waals surface area contributed by atoms with Crippen LogP contribution in [0.3, 0.4) is 0 Å². The van der Waals surface area contributed by atoms with Crippen LogP contribution in [0.5, 0.6) is 0 Å². The molecule has 2 aromatic carbocycles. The lowest BCUT2D eigenvalue weighted by Gasteiger charge is -2.05. The molecule has 2 radical (unpaired) electrons. The minimum absolute atomic E-state index is 0.736. The average Bonchev–Trinajstić information content (AvgIpc) is 2.39. The van der Waals surface area contributed by atoms with Gasteiger partial charge in [0.2, 0.25) is 0 Å². The third-order valence-corrected chi connectivity index (χ3v) is 3.88. The van der Waals surface area contributed by atoms with E-state index in [9.17, 15) is 0 Å². The SMILES string of the molecule is C=C(CCc1ccccc1)[Si]c1ccccc1. The summed E-state index contributed by atoms with van der Waals surface area (Å²) in [6, 6.07) is 21.2. The number of benzene rings is 2. The van der Waals surface area contributed by atoms with Crippen molar-refractivity contribution in [2.24, 2.45) is 0 Å². The summed E-state index contributed by atoms with van der Waals surface area (Å²) in [5.41, 5.74) is 1.39. The molecule has 0 bridgehead atoms. The van der Waals surface area contributed by atoms with E-state index in [1.165, 1.54) is 15.9 Å². The molecule has 0 aliphatic heterocycles. The first-order chi connectivity index (χ1) is 8.34. The fraction of sp³-hybridized carbons (Fsp3) is 0.125. The Morgan fingerprint density at radius 3 is 2.12 bits per heavy atom. The minimum atomic E-state index is 0.736. The average molecular weight is 236 g/mol. The summed E-state index contributed by atoms with van der Waals surface area (Å²) in [5.74, 6) is 0.